The highest BCUT2D eigenvalue weighted by Gasteiger charge is 2.16. The van der Waals surface area contributed by atoms with Gasteiger partial charge < -0.3 is 5.73 Å². The Kier molecular flexibility index (Phi) is 3.65. The number of fused-ring (bicyclic) bond motifs is 1. The van der Waals surface area contributed by atoms with Crippen molar-refractivity contribution in [3.63, 3.8) is 0 Å². The summed E-state index contributed by atoms with van der Waals surface area (Å²) in [6, 6.07) is 12.4. The van der Waals surface area contributed by atoms with E-state index in [4.69, 9.17) is 5.73 Å². The largest absolute Gasteiger partial charge is 0.327 e. The zero-order valence-corrected chi connectivity index (χ0v) is 10.9. The van der Waals surface area contributed by atoms with Crippen LogP contribution in [0.2, 0.25) is 0 Å². The molecule has 18 heavy (non-hydrogen) atoms. The van der Waals surface area contributed by atoms with Crippen molar-refractivity contribution < 1.29 is 8.42 Å². The van der Waals surface area contributed by atoms with E-state index in [-0.39, 0.29) is 12.6 Å². The van der Waals surface area contributed by atoms with Crippen LogP contribution in [0.25, 0.3) is 10.8 Å². The van der Waals surface area contributed by atoms with Gasteiger partial charge in [-0.1, -0.05) is 36.4 Å². The number of benzene rings is 2. The first-order chi connectivity index (χ1) is 8.50. The third-order valence-electron chi connectivity index (χ3n) is 2.63. The molecule has 5 heteroatoms. The standard InChI is InChI=1S/C13H16N2O2S/c1-10(14)9-15-18(16,17)13-8-4-6-11-5-2-3-7-12(11)13/h2-8,10,15H,9,14H2,1H3. The van der Waals surface area contributed by atoms with E-state index in [1.165, 1.54) is 0 Å². The molecule has 4 nitrogen and oxygen atoms in total. The van der Waals surface area contributed by atoms with Gasteiger partial charge in [-0.15, -0.1) is 0 Å². The van der Waals surface area contributed by atoms with Crippen molar-refractivity contribution in [3.8, 4) is 0 Å². The Hall–Kier alpha value is -1.43. The molecule has 0 aromatic heterocycles. The Balaban J connectivity index is 2.47. The molecular formula is C13H16N2O2S. The van der Waals surface area contributed by atoms with Crippen molar-refractivity contribution in [3.05, 3.63) is 42.5 Å². The Morgan fingerprint density at radius 3 is 2.56 bits per heavy atom. The third kappa shape index (κ3) is 2.69. The maximum atomic E-state index is 12.2. The van der Waals surface area contributed by atoms with Crippen LogP contribution in [-0.2, 0) is 10.0 Å². The quantitative estimate of drug-likeness (QED) is 0.878. The lowest BCUT2D eigenvalue weighted by molar-refractivity contribution is 0.575. The monoisotopic (exact) mass is 264 g/mol. The van der Waals surface area contributed by atoms with Crippen LogP contribution < -0.4 is 10.5 Å². The summed E-state index contributed by atoms with van der Waals surface area (Å²) in [5.41, 5.74) is 5.56. The maximum absolute atomic E-state index is 12.2. The average Bonchev–Trinajstić information content (AvgIpc) is 2.36. The molecule has 0 radical (unpaired) electrons. The number of nitrogens with one attached hydrogen (secondary N) is 1. The number of hydrogen-bond acceptors (Lipinski definition) is 3. The fourth-order valence-corrected chi connectivity index (χ4v) is 3.12. The Labute approximate surface area is 107 Å². The van der Waals surface area contributed by atoms with E-state index in [1.807, 2.05) is 24.3 Å². The minimum atomic E-state index is -3.51. The van der Waals surface area contributed by atoms with Crippen molar-refractivity contribution >= 4 is 20.8 Å². The second-order valence-electron chi connectivity index (χ2n) is 4.31. The van der Waals surface area contributed by atoms with Crippen LogP contribution >= 0.6 is 0 Å². The molecule has 1 atom stereocenters. The second kappa shape index (κ2) is 5.06. The topological polar surface area (TPSA) is 72.2 Å². The van der Waals surface area contributed by atoms with Gasteiger partial charge in [-0.25, -0.2) is 13.1 Å². The lowest BCUT2D eigenvalue weighted by atomic mass is 10.1. The molecule has 96 valence electrons. The molecule has 2 aromatic carbocycles. The lowest BCUT2D eigenvalue weighted by Gasteiger charge is -2.11. The molecule has 2 rings (SSSR count). The zero-order chi connectivity index (χ0) is 13.2. The summed E-state index contributed by atoms with van der Waals surface area (Å²) in [6.07, 6.45) is 0. The molecule has 0 fully saturated rings. The molecule has 0 saturated carbocycles. The number of nitrogens with two attached hydrogens (primary N) is 1. The molecule has 0 aliphatic rings. The minimum Gasteiger partial charge on any atom is -0.327 e. The van der Waals surface area contributed by atoms with Crippen LogP contribution in [0.5, 0.6) is 0 Å². The first kappa shape index (κ1) is 13.0. The van der Waals surface area contributed by atoms with Crippen LogP contribution in [0.15, 0.2) is 47.4 Å². The fourth-order valence-electron chi connectivity index (χ4n) is 1.75. The molecule has 0 amide bonds. The van der Waals surface area contributed by atoms with Gasteiger partial charge in [0.05, 0.1) is 4.90 Å². The van der Waals surface area contributed by atoms with Gasteiger partial charge in [0, 0.05) is 18.0 Å². The van der Waals surface area contributed by atoms with Crippen molar-refractivity contribution in [2.75, 3.05) is 6.54 Å². The molecule has 0 heterocycles. The van der Waals surface area contributed by atoms with E-state index >= 15 is 0 Å². The second-order valence-corrected chi connectivity index (χ2v) is 6.04. The van der Waals surface area contributed by atoms with Crippen LogP contribution in [0, 0.1) is 0 Å². The van der Waals surface area contributed by atoms with E-state index in [9.17, 15) is 8.42 Å². The Morgan fingerprint density at radius 1 is 1.17 bits per heavy atom. The molecule has 0 spiro atoms. The summed E-state index contributed by atoms with van der Waals surface area (Å²) in [6.45, 7) is 1.98. The Morgan fingerprint density at radius 2 is 1.83 bits per heavy atom. The summed E-state index contributed by atoms with van der Waals surface area (Å²) in [5.74, 6) is 0. The highest BCUT2D eigenvalue weighted by atomic mass is 32.2. The lowest BCUT2D eigenvalue weighted by Crippen LogP contribution is -2.35. The molecule has 3 N–H and O–H groups in total. The highest BCUT2D eigenvalue weighted by molar-refractivity contribution is 7.89. The summed E-state index contributed by atoms with van der Waals surface area (Å²) in [4.78, 5) is 0.293. The molecule has 0 aliphatic carbocycles. The molecule has 0 saturated heterocycles. The summed E-state index contributed by atoms with van der Waals surface area (Å²) in [7, 11) is -3.51. The number of sulfonamides is 1. The van der Waals surface area contributed by atoms with Gasteiger partial charge in [0.15, 0.2) is 0 Å². The van der Waals surface area contributed by atoms with Crippen molar-refractivity contribution in [2.45, 2.75) is 17.9 Å². The Bertz CT molecular complexity index is 646. The first-order valence-corrected chi connectivity index (χ1v) is 7.22. The van der Waals surface area contributed by atoms with Gasteiger partial charge in [0.2, 0.25) is 10.0 Å². The summed E-state index contributed by atoms with van der Waals surface area (Å²) < 4.78 is 26.9. The maximum Gasteiger partial charge on any atom is 0.241 e. The summed E-state index contributed by atoms with van der Waals surface area (Å²) in [5, 5.41) is 1.62. The summed E-state index contributed by atoms with van der Waals surface area (Å²) >= 11 is 0. The minimum absolute atomic E-state index is 0.213. The van der Waals surface area contributed by atoms with Crippen LogP contribution in [-0.4, -0.2) is 21.0 Å². The van der Waals surface area contributed by atoms with Gasteiger partial charge in [0.1, 0.15) is 0 Å². The van der Waals surface area contributed by atoms with E-state index in [0.29, 0.717) is 4.90 Å². The number of rotatable bonds is 4. The van der Waals surface area contributed by atoms with E-state index < -0.39 is 10.0 Å². The highest BCUT2D eigenvalue weighted by Crippen LogP contribution is 2.22. The molecule has 2 aromatic rings. The molecular weight excluding hydrogens is 248 g/mol. The molecule has 0 bridgehead atoms. The molecule has 0 aliphatic heterocycles. The van der Waals surface area contributed by atoms with Crippen molar-refractivity contribution in [2.24, 2.45) is 5.73 Å². The zero-order valence-electron chi connectivity index (χ0n) is 10.1. The smallest absolute Gasteiger partial charge is 0.241 e. The van der Waals surface area contributed by atoms with Crippen molar-refractivity contribution in [1.82, 2.24) is 4.72 Å². The first-order valence-electron chi connectivity index (χ1n) is 5.74. The normalized spacial score (nSPS) is 13.7. The van der Waals surface area contributed by atoms with E-state index in [0.717, 1.165) is 10.8 Å². The third-order valence-corrected chi connectivity index (χ3v) is 4.12. The van der Waals surface area contributed by atoms with Gasteiger partial charge in [-0.3, -0.25) is 0 Å². The average molecular weight is 264 g/mol. The van der Waals surface area contributed by atoms with Crippen LogP contribution in [0.4, 0.5) is 0 Å². The van der Waals surface area contributed by atoms with Gasteiger partial charge >= 0.3 is 0 Å². The van der Waals surface area contributed by atoms with Crippen LogP contribution in [0.1, 0.15) is 6.92 Å². The predicted octanol–water partition coefficient (Wildman–Crippen LogP) is 1.47. The van der Waals surface area contributed by atoms with E-state index in [1.54, 1.807) is 25.1 Å². The van der Waals surface area contributed by atoms with Gasteiger partial charge in [-0.05, 0) is 18.4 Å². The van der Waals surface area contributed by atoms with Gasteiger partial charge in [0.25, 0.3) is 0 Å². The SMILES string of the molecule is CC(N)CNS(=O)(=O)c1cccc2ccccc12. The predicted molar refractivity (Wildman–Crippen MR) is 72.8 cm³/mol. The fraction of sp³-hybridized carbons (Fsp3) is 0.231. The van der Waals surface area contributed by atoms with Crippen molar-refractivity contribution in [1.29, 1.82) is 0 Å². The van der Waals surface area contributed by atoms with Crippen LogP contribution in [0.3, 0.4) is 0 Å². The molecule has 1 unspecified atom stereocenters. The van der Waals surface area contributed by atoms with E-state index in [2.05, 4.69) is 4.72 Å². The number of hydrogen-bond donors (Lipinski definition) is 2. The van der Waals surface area contributed by atoms with Gasteiger partial charge in [-0.2, -0.15) is 0 Å².